The standard InChI is InChI=1S/C23H18ClF2N3O2S/c1-2-7-32-29-19-6-5-18(25)20(21(19)26)22(31)16-11-28-23-15(16)8-12(10-27-23)14-4-3-13(30)9-17(14)24/h3-6,8-11,29-30H,2,7H2,1H3,(H,27,28). The molecule has 0 amide bonds. The molecule has 0 saturated heterocycles. The van der Waals surface area contributed by atoms with Crippen LogP contribution in [-0.4, -0.2) is 26.6 Å². The molecule has 2 aromatic heterocycles. The molecule has 0 fully saturated rings. The fourth-order valence-corrected chi connectivity index (χ4v) is 4.18. The number of halogens is 3. The van der Waals surface area contributed by atoms with Crippen molar-refractivity contribution < 1.29 is 18.7 Å². The molecular formula is C23H18ClF2N3O2S. The molecule has 0 saturated carbocycles. The van der Waals surface area contributed by atoms with Crippen molar-refractivity contribution in [3.8, 4) is 16.9 Å². The molecule has 0 atom stereocenters. The number of carbonyl (C=O) groups is 1. The molecule has 5 nitrogen and oxygen atoms in total. The fraction of sp³-hybridized carbons (Fsp3) is 0.130. The first-order chi connectivity index (χ1) is 15.4. The van der Waals surface area contributed by atoms with Crippen LogP contribution in [0.15, 0.2) is 48.8 Å². The largest absolute Gasteiger partial charge is 0.508 e. The zero-order valence-corrected chi connectivity index (χ0v) is 18.5. The van der Waals surface area contributed by atoms with E-state index >= 15 is 4.39 Å². The highest BCUT2D eigenvalue weighted by molar-refractivity contribution is 8.00. The third kappa shape index (κ3) is 4.16. The Hall–Kier alpha value is -3.10. The molecule has 2 aromatic carbocycles. The Labute approximate surface area is 192 Å². The van der Waals surface area contributed by atoms with Gasteiger partial charge in [-0.05, 0) is 42.8 Å². The lowest BCUT2D eigenvalue weighted by atomic mass is 10.00. The number of phenols is 1. The minimum absolute atomic E-state index is 0.0156. The van der Waals surface area contributed by atoms with Gasteiger partial charge in [-0.3, -0.25) is 4.79 Å². The number of benzene rings is 2. The smallest absolute Gasteiger partial charge is 0.201 e. The fourth-order valence-electron chi connectivity index (χ4n) is 3.28. The van der Waals surface area contributed by atoms with Crippen molar-refractivity contribution in [2.45, 2.75) is 13.3 Å². The predicted octanol–water partition coefficient (Wildman–Crippen LogP) is 6.57. The van der Waals surface area contributed by atoms with Crippen LogP contribution in [0.3, 0.4) is 0 Å². The number of anilines is 1. The number of carbonyl (C=O) groups excluding carboxylic acids is 1. The summed E-state index contributed by atoms with van der Waals surface area (Å²) in [4.78, 5) is 20.3. The molecule has 0 aliphatic carbocycles. The van der Waals surface area contributed by atoms with Gasteiger partial charge in [0.05, 0.1) is 16.3 Å². The molecule has 9 heteroatoms. The number of ketones is 1. The van der Waals surface area contributed by atoms with E-state index in [9.17, 15) is 14.3 Å². The highest BCUT2D eigenvalue weighted by Gasteiger charge is 2.24. The van der Waals surface area contributed by atoms with E-state index in [1.807, 2.05) is 6.92 Å². The third-order valence-corrected chi connectivity index (χ3v) is 6.14. The van der Waals surface area contributed by atoms with E-state index < -0.39 is 23.0 Å². The maximum Gasteiger partial charge on any atom is 0.201 e. The minimum atomic E-state index is -0.946. The number of H-pyrrole nitrogens is 1. The number of nitrogens with zero attached hydrogens (tertiary/aromatic N) is 1. The van der Waals surface area contributed by atoms with Crippen molar-refractivity contribution in [1.29, 1.82) is 0 Å². The number of rotatable bonds is 7. The van der Waals surface area contributed by atoms with Crippen molar-refractivity contribution in [3.05, 3.63) is 76.6 Å². The van der Waals surface area contributed by atoms with Crippen LogP contribution in [0.4, 0.5) is 14.5 Å². The molecule has 0 aliphatic heterocycles. The van der Waals surface area contributed by atoms with Crippen LogP contribution in [0.5, 0.6) is 5.75 Å². The number of hydrogen-bond donors (Lipinski definition) is 3. The van der Waals surface area contributed by atoms with E-state index in [0.29, 0.717) is 27.2 Å². The van der Waals surface area contributed by atoms with Gasteiger partial charge in [-0.25, -0.2) is 13.8 Å². The summed E-state index contributed by atoms with van der Waals surface area (Å²) in [6, 6.07) is 8.50. The number of nitrogens with one attached hydrogen (secondary N) is 2. The molecule has 0 bridgehead atoms. The average Bonchev–Trinajstić information content (AvgIpc) is 3.18. The van der Waals surface area contributed by atoms with Gasteiger partial charge in [-0.2, -0.15) is 0 Å². The highest BCUT2D eigenvalue weighted by atomic mass is 35.5. The molecule has 2 heterocycles. The van der Waals surface area contributed by atoms with Crippen LogP contribution in [0.25, 0.3) is 22.2 Å². The SMILES string of the molecule is CCCSNc1ccc(F)c(C(=O)c2c[nH]c3ncc(-c4ccc(O)cc4Cl)cc23)c1F. The van der Waals surface area contributed by atoms with E-state index in [1.165, 1.54) is 36.3 Å². The number of phenolic OH excluding ortho intramolecular Hbond substituents is 1. The van der Waals surface area contributed by atoms with Crippen LogP contribution in [0.2, 0.25) is 5.02 Å². The van der Waals surface area contributed by atoms with Crippen LogP contribution in [0, 0.1) is 11.6 Å². The second-order valence-corrected chi connectivity index (χ2v) is 8.36. The van der Waals surface area contributed by atoms with E-state index in [1.54, 1.807) is 18.3 Å². The first-order valence-corrected chi connectivity index (χ1v) is 11.1. The summed E-state index contributed by atoms with van der Waals surface area (Å²) < 4.78 is 32.4. The summed E-state index contributed by atoms with van der Waals surface area (Å²) in [5, 5.41) is 10.3. The zero-order valence-electron chi connectivity index (χ0n) is 16.9. The van der Waals surface area contributed by atoms with Crippen LogP contribution >= 0.6 is 23.5 Å². The third-order valence-electron chi connectivity index (χ3n) is 4.85. The maximum absolute atomic E-state index is 15.0. The van der Waals surface area contributed by atoms with E-state index in [-0.39, 0.29) is 17.0 Å². The summed E-state index contributed by atoms with van der Waals surface area (Å²) >= 11 is 7.51. The second kappa shape index (κ2) is 9.18. The molecule has 164 valence electrons. The van der Waals surface area contributed by atoms with Gasteiger partial charge in [-0.1, -0.05) is 30.5 Å². The second-order valence-electron chi connectivity index (χ2n) is 7.05. The molecular weight excluding hydrogens is 456 g/mol. The van der Waals surface area contributed by atoms with Gasteiger partial charge in [-0.15, -0.1) is 0 Å². The summed E-state index contributed by atoms with van der Waals surface area (Å²) in [6.07, 6.45) is 3.82. The number of fused-ring (bicyclic) bond motifs is 1. The number of aromatic nitrogens is 2. The Morgan fingerprint density at radius 1 is 1.25 bits per heavy atom. The van der Waals surface area contributed by atoms with Crippen LogP contribution in [-0.2, 0) is 0 Å². The lowest BCUT2D eigenvalue weighted by molar-refractivity contribution is 0.103. The van der Waals surface area contributed by atoms with Crippen LogP contribution in [0.1, 0.15) is 29.3 Å². The number of pyridine rings is 1. The van der Waals surface area contributed by atoms with Gasteiger partial charge < -0.3 is 14.8 Å². The van der Waals surface area contributed by atoms with Gasteiger partial charge in [0.1, 0.15) is 17.2 Å². The number of aromatic hydroxyl groups is 1. The van der Waals surface area contributed by atoms with Crippen LogP contribution < -0.4 is 4.72 Å². The molecule has 3 N–H and O–H groups in total. The van der Waals surface area contributed by atoms with Crippen molar-refractivity contribution in [2.24, 2.45) is 0 Å². The lowest BCUT2D eigenvalue weighted by Gasteiger charge is -2.10. The number of aromatic amines is 1. The summed E-state index contributed by atoms with van der Waals surface area (Å²) in [5.74, 6) is -1.94. The number of hydrogen-bond acceptors (Lipinski definition) is 5. The predicted molar refractivity (Wildman–Crippen MR) is 124 cm³/mol. The first kappa shape index (κ1) is 22.1. The lowest BCUT2D eigenvalue weighted by Crippen LogP contribution is -2.09. The topological polar surface area (TPSA) is 78.0 Å². The molecule has 0 unspecified atom stereocenters. The van der Waals surface area contributed by atoms with Crippen molar-refractivity contribution in [2.75, 3.05) is 10.5 Å². The van der Waals surface area contributed by atoms with Gasteiger partial charge >= 0.3 is 0 Å². The molecule has 4 aromatic rings. The molecule has 0 aliphatic rings. The molecule has 0 radical (unpaired) electrons. The van der Waals surface area contributed by atoms with Gasteiger partial charge in [0.25, 0.3) is 0 Å². The van der Waals surface area contributed by atoms with Gasteiger partial charge in [0.2, 0.25) is 5.78 Å². The van der Waals surface area contributed by atoms with Gasteiger partial charge in [0, 0.05) is 40.2 Å². The molecule has 32 heavy (non-hydrogen) atoms. The van der Waals surface area contributed by atoms with Crippen molar-refractivity contribution in [3.63, 3.8) is 0 Å². The van der Waals surface area contributed by atoms with Gasteiger partial charge in [0.15, 0.2) is 5.82 Å². The van der Waals surface area contributed by atoms with Crippen molar-refractivity contribution >= 4 is 46.1 Å². The Balaban J connectivity index is 1.77. The van der Waals surface area contributed by atoms with E-state index in [2.05, 4.69) is 14.7 Å². The molecule has 4 rings (SSSR count). The first-order valence-electron chi connectivity index (χ1n) is 9.77. The average molecular weight is 474 g/mol. The molecule has 0 spiro atoms. The van der Waals surface area contributed by atoms with E-state index in [0.717, 1.165) is 18.2 Å². The summed E-state index contributed by atoms with van der Waals surface area (Å²) in [6.45, 7) is 1.98. The normalized spacial score (nSPS) is 11.1. The Bertz CT molecular complexity index is 1330. The minimum Gasteiger partial charge on any atom is -0.508 e. The Morgan fingerprint density at radius 3 is 2.81 bits per heavy atom. The highest BCUT2D eigenvalue weighted by Crippen LogP contribution is 2.33. The van der Waals surface area contributed by atoms with Crippen molar-refractivity contribution in [1.82, 2.24) is 9.97 Å². The Morgan fingerprint density at radius 2 is 2.06 bits per heavy atom. The quantitative estimate of drug-likeness (QED) is 0.161. The Kier molecular flexibility index (Phi) is 6.34. The summed E-state index contributed by atoms with van der Waals surface area (Å²) in [7, 11) is 0. The monoisotopic (exact) mass is 473 g/mol. The maximum atomic E-state index is 15.0. The van der Waals surface area contributed by atoms with E-state index in [4.69, 9.17) is 11.6 Å². The zero-order chi connectivity index (χ0) is 22.8. The summed E-state index contributed by atoms with van der Waals surface area (Å²) in [5.41, 5.74) is 1.06.